The van der Waals surface area contributed by atoms with Crippen molar-refractivity contribution >= 4 is 23.2 Å². The van der Waals surface area contributed by atoms with Crippen molar-refractivity contribution in [2.45, 2.75) is 11.8 Å². The van der Waals surface area contributed by atoms with Gasteiger partial charge in [-0.2, -0.15) is 0 Å². The molecule has 2 aromatic carbocycles. The summed E-state index contributed by atoms with van der Waals surface area (Å²) in [6, 6.07) is 9.90. The summed E-state index contributed by atoms with van der Waals surface area (Å²) in [5, 5.41) is 0.158. The molecule has 21 heavy (non-hydrogen) atoms. The zero-order valence-electron chi connectivity index (χ0n) is 11.1. The normalized spacial score (nSPS) is 14.8. The van der Waals surface area contributed by atoms with Crippen molar-refractivity contribution in [3.8, 4) is 11.5 Å². The molecule has 1 unspecified atom stereocenters. The van der Waals surface area contributed by atoms with Gasteiger partial charge in [-0.15, -0.1) is 11.6 Å². The molecule has 0 amide bonds. The molecule has 0 spiro atoms. The highest BCUT2D eigenvalue weighted by atomic mass is 35.5. The van der Waals surface area contributed by atoms with E-state index >= 15 is 0 Å². The Morgan fingerprint density at radius 2 is 1.81 bits per heavy atom. The Hall–Kier alpha value is -1.45. The zero-order valence-corrected chi connectivity index (χ0v) is 12.6. The third-order valence-electron chi connectivity index (χ3n) is 3.30. The van der Waals surface area contributed by atoms with E-state index in [9.17, 15) is 4.39 Å². The van der Waals surface area contributed by atoms with Gasteiger partial charge in [-0.05, 0) is 35.7 Å². The van der Waals surface area contributed by atoms with Crippen molar-refractivity contribution in [3.63, 3.8) is 0 Å². The van der Waals surface area contributed by atoms with Crippen molar-refractivity contribution in [3.05, 3.63) is 58.4 Å². The summed E-state index contributed by atoms with van der Waals surface area (Å²) in [7, 11) is 0. The molecule has 110 valence electrons. The standard InChI is InChI=1S/C16H13Cl2FO2/c17-13(7-10-2-1-3-11(19)6-10)12-8-15-16(9-14(12)18)21-5-4-20-15/h1-3,6,8-9,13H,4-5,7H2. The third-order valence-corrected chi connectivity index (χ3v) is 4.02. The summed E-state index contributed by atoms with van der Waals surface area (Å²) in [6.45, 7) is 1.02. The lowest BCUT2D eigenvalue weighted by Gasteiger charge is -2.21. The van der Waals surface area contributed by atoms with Crippen LogP contribution in [0.25, 0.3) is 0 Å². The van der Waals surface area contributed by atoms with Crippen LogP contribution in [0, 0.1) is 5.82 Å². The molecule has 1 aliphatic rings. The minimum absolute atomic E-state index is 0.273. The number of fused-ring (bicyclic) bond motifs is 1. The van der Waals surface area contributed by atoms with E-state index in [2.05, 4.69) is 0 Å². The maximum absolute atomic E-state index is 13.2. The largest absolute Gasteiger partial charge is 0.486 e. The fraction of sp³-hybridized carbons (Fsp3) is 0.250. The molecule has 0 fully saturated rings. The van der Waals surface area contributed by atoms with E-state index in [1.807, 2.05) is 6.07 Å². The second-order valence-electron chi connectivity index (χ2n) is 4.82. The predicted octanol–water partition coefficient (Wildman–Crippen LogP) is 4.77. The number of alkyl halides is 1. The summed E-state index contributed by atoms with van der Waals surface area (Å²) in [5.41, 5.74) is 1.58. The van der Waals surface area contributed by atoms with Crippen LogP contribution >= 0.6 is 23.2 Å². The lowest BCUT2D eigenvalue weighted by molar-refractivity contribution is 0.171. The molecule has 0 aliphatic carbocycles. The van der Waals surface area contributed by atoms with Crippen LogP contribution in [-0.2, 0) is 6.42 Å². The maximum atomic E-state index is 13.2. The van der Waals surface area contributed by atoms with Crippen LogP contribution < -0.4 is 9.47 Å². The second-order valence-corrected chi connectivity index (χ2v) is 5.75. The van der Waals surface area contributed by atoms with Crippen LogP contribution in [0.2, 0.25) is 5.02 Å². The molecule has 0 saturated heterocycles. The van der Waals surface area contributed by atoms with E-state index < -0.39 is 0 Å². The van der Waals surface area contributed by atoms with Gasteiger partial charge < -0.3 is 9.47 Å². The van der Waals surface area contributed by atoms with Gasteiger partial charge in [0.15, 0.2) is 11.5 Å². The van der Waals surface area contributed by atoms with Crippen LogP contribution in [0.4, 0.5) is 4.39 Å². The Balaban J connectivity index is 1.85. The zero-order chi connectivity index (χ0) is 14.8. The van der Waals surface area contributed by atoms with Crippen molar-refractivity contribution in [1.82, 2.24) is 0 Å². The first-order chi connectivity index (χ1) is 10.1. The van der Waals surface area contributed by atoms with Crippen LogP contribution in [0.1, 0.15) is 16.5 Å². The molecule has 2 aromatic rings. The molecular formula is C16H13Cl2FO2. The van der Waals surface area contributed by atoms with Crippen molar-refractivity contribution in [2.75, 3.05) is 13.2 Å². The Morgan fingerprint density at radius 3 is 2.52 bits per heavy atom. The molecule has 0 N–H and O–H groups in total. The molecule has 1 heterocycles. The van der Waals surface area contributed by atoms with E-state index in [0.717, 1.165) is 11.1 Å². The van der Waals surface area contributed by atoms with Crippen molar-refractivity contribution in [2.24, 2.45) is 0 Å². The smallest absolute Gasteiger partial charge is 0.162 e. The fourth-order valence-corrected chi connectivity index (χ4v) is 3.00. The van der Waals surface area contributed by atoms with Crippen LogP contribution in [0.3, 0.4) is 0 Å². The number of ether oxygens (including phenoxy) is 2. The molecule has 0 bridgehead atoms. The first-order valence-corrected chi connectivity index (χ1v) is 7.42. The van der Waals surface area contributed by atoms with Crippen LogP contribution in [0.15, 0.2) is 36.4 Å². The van der Waals surface area contributed by atoms with E-state index in [1.165, 1.54) is 12.1 Å². The highest BCUT2D eigenvalue weighted by Gasteiger charge is 2.19. The molecule has 1 atom stereocenters. The summed E-state index contributed by atoms with van der Waals surface area (Å²) >= 11 is 12.7. The van der Waals surface area contributed by atoms with E-state index in [4.69, 9.17) is 32.7 Å². The molecular weight excluding hydrogens is 314 g/mol. The van der Waals surface area contributed by atoms with Gasteiger partial charge in [0.05, 0.1) is 5.38 Å². The fourth-order valence-electron chi connectivity index (χ4n) is 2.30. The average Bonchev–Trinajstić information content (AvgIpc) is 2.46. The number of rotatable bonds is 3. The lowest BCUT2D eigenvalue weighted by atomic mass is 10.0. The Kier molecular flexibility index (Phi) is 4.22. The molecule has 0 radical (unpaired) electrons. The predicted molar refractivity (Wildman–Crippen MR) is 81.1 cm³/mol. The summed E-state index contributed by atoms with van der Waals surface area (Å²) in [4.78, 5) is 0. The van der Waals surface area contributed by atoms with Gasteiger partial charge in [0.1, 0.15) is 19.0 Å². The number of benzene rings is 2. The molecule has 0 saturated carbocycles. The van der Waals surface area contributed by atoms with E-state index in [1.54, 1.807) is 18.2 Å². The number of halogens is 3. The second kappa shape index (κ2) is 6.12. The molecule has 3 rings (SSSR count). The Morgan fingerprint density at radius 1 is 1.10 bits per heavy atom. The molecule has 0 aromatic heterocycles. The number of hydrogen-bond donors (Lipinski definition) is 0. The van der Waals surface area contributed by atoms with Crippen LogP contribution in [0.5, 0.6) is 11.5 Å². The van der Waals surface area contributed by atoms with E-state index in [0.29, 0.717) is 36.2 Å². The third kappa shape index (κ3) is 3.25. The van der Waals surface area contributed by atoms with Crippen molar-refractivity contribution in [1.29, 1.82) is 0 Å². The van der Waals surface area contributed by atoms with Crippen molar-refractivity contribution < 1.29 is 13.9 Å². The van der Waals surface area contributed by atoms with Gasteiger partial charge in [0.25, 0.3) is 0 Å². The quantitative estimate of drug-likeness (QED) is 0.756. The monoisotopic (exact) mass is 326 g/mol. The topological polar surface area (TPSA) is 18.5 Å². The van der Waals surface area contributed by atoms with Gasteiger partial charge in [-0.3, -0.25) is 0 Å². The maximum Gasteiger partial charge on any atom is 0.162 e. The summed E-state index contributed by atoms with van der Waals surface area (Å²) < 4.78 is 24.2. The number of hydrogen-bond acceptors (Lipinski definition) is 2. The minimum Gasteiger partial charge on any atom is -0.486 e. The highest BCUT2D eigenvalue weighted by Crippen LogP contribution is 2.40. The molecule has 2 nitrogen and oxygen atoms in total. The van der Waals surface area contributed by atoms with Crippen LogP contribution in [-0.4, -0.2) is 13.2 Å². The first-order valence-electron chi connectivity index (χ1n) is 6.61. The Bertz CT molecular complexity index is 661. The van der Waals surface area contributed by atoms with Gasteiger partial charge >= 0.3 is 0 Å². The average molecular weight is 327 g/mol. The van der Waals surface area contributed by atoms with Gasteiger partial charge in [-0.25, -0.2) is 4.39 Å². The minimum atomic E-state index is -0.366. The molecule has 1 aliphatic heterocycles. The highest BCUT2D eigenvalue weighted by molar-refractivity contribution is 6.33. The van der Waals surface area contributed by atoms with Gasteiger partial charge in [0.2, 0.25) is 0 Å². The SMILES string of the molecule is Fc1cccc(CC(Cl)c2cc3c(cc2Cl)OCCO3)c1. The molecule has 5 heteroatoms. The summed E-state index contributed by atoms with van der Waals surface area (Å²) in [6.07, 6.45) is 0.485. The van der Waals surface area contributed by atoms with Gasteiger partial charge in [-0.1, -0.05) is 23.7 Å². The first kappa shape index (κ1) is 14.5. The van der Waals surface area contributed by atoms with E-state index in [-0.39, 0.29) is 11.2 Å². The van der Waals surface area contributed by atoms with Gasteiger partial charge in [0, 0.05) is 11.1 Å². The lowest BCUT2D eigenvalue weighted by Crippen LogP contribution is -2.15. The summed E-state index contributed by atoms with van der Waals surface area (Å²) in [5.74, 6) is 1.000. The Labute approximate surface area is 132 Å².